The van der Waals surface area contributed by atoms with E-state index >= 15 is 0 Å². The second-order valence-electron chi connectivity index (χ2n) is 3.51. The number of aromatic nitrogens is 3. The number of benzene rings is 1. The Labute approximate surface area is 97.3 Å². The zero-order valence-corrected chi connectivity index (χ0v) is 9.01. The van der Waals surface area contributed by atoms with Gasteiger partial charge in [-0.2, -0.15) is 0 Å². The summed E-state index contributed by atoms with van der Waals surface area (Å²) in [5.41, 5.74) is 0.457. The van der Waals surface area contributed by atoms with E-state index in [0.29, 0.717) is 12.2 Å². The Kier molecular flexibility index (Phi) is 3.44. The van der Waals surface area contributed by atoms with Crippen molar-refractivity contribution in [1.29, 1.82) is 0 Å². The van der Waals surface area contributed by atoms with E-state index in [1.165, 1.54) is 24.8 Å². The second kappa shape index (κ2) is 5.20. The summed E-state index contributed by atoms with van der Waals surface area (Å²) in [7, 11) is 0. The number of hydrogen-bond acceptors (Lipinski definition) is 3. The van der Waals surface area contributed by atoms with E-state index in [0.717, 1.165) is 0 Å². The average Bonchev–Trinajstić information content (AvgIpc) is 2.79. The van der Waals surface area contributed by atoms with E-state index in [2.05, 4.69) is 15.5 Å². The van der Waals surface area contributed by atoms with Crippen LogP contribution in [0.25, 0.3) is 0 Å². The second-order valence-corrected chi connectivity index (χ2v) is 3.51. The highest BCUT2D eigenvalue weighted by molar-refractivity contribution is 5.90. The van der Waals surface area contributed by atoms with Crippen LogP contribution in [0.2, 0.25) is 0 Å². The van der Waals surface area contributed by atoms with Crippen LogP contribution in [0.4, 0.5) is 10.1 Å². The van der Waals surface area contributed by atoms with Crippen LogP contribution in [0, 0.1) is 5.82 Å². The summed E-state index contributed by atoms with van der Waals surface area (Å²) < 4.78 is 14.6. The molecule has 0 saturated carbocycles. The van der Waals surface area contributed by atoms with Crippen LogP contribution in [0.3, 0.4) is 0 Å². The normalized spacial score (nSPS) is 10.2. The SMILES string of the molecule is O=C(CCn1cnnc1)Nc1cccc(F)c1. The van der Waals surface area contributed by atoms with Crippen LogP contribution in [0.15, 0.2) is 36.9 Å². The highest BCUT2D eigenvalue weighted by atomic mass is 19.1. The molecular formula is C11H11FN4O. The van der Waals surface area contributed by atoms with Gasteiger partial charge in [0.05, 0.1) is 0 Å². The predicted octanol–water partition coefficient (Wildman–Crippen LogP) is 1.45. The van der Waals surface area contributed by atoms with Gasteiger partial charge in [0.25, 0.3) is 0 Å². The summed E-state index contributed by atoms with van der Waals surface area (Å²) in [4.78, 5) is 11.5. The molecule has 0 aliphatic heterocycles. The Hall–Kier alpha value is -2.24. The maximum atomic E-state index is 12.9. The first kappa shape index (κ1) is 11.3. The Balaban J connectivity index is 1.85. The molecule has 1 amide bonds. The van der Waals surface area contributed by atoms with Crippen molar-refractivity contribution in [3.8, 4) is 0 Å². The Morgan fingerprint density at radius 1 is 1.35 bits per heavy atom. The van der Waals surface area contributed by atoms with Gasteiger partial charge in [0.15, 0.2) is 0 Å². The van der Waals surface area contributed by atoms with Crippen LogP contribution < -0.4 is 5.32 Å². The highest BCUT2D eigenvalue weighted by Gasteiger charge is 2.03. The minimum atomic E-state index is -0.374. The molecule has 6 heteroatoms. The van der Waals surface area contributed by atoms with Gasteiger partial charge in [-0.25, -0.2) is 4.39 Å². The topological polar surface area (TPSA) is 59.8 Å². The molecule has 1 heterocycles. The Bertz CT molecular complexity index is 498. The third kappa shape index (κ3) is 3.37. The Morgan fingerprint density at radius 2 is 2.12 bits per heavy atom. The molecule has 0 unspecified atom stereocenters. The van der Waals surface area contributed by atoms with E-state index in [9.17, 15) is 9.18 Å². The number of halogens is 1. The predicted molar refractivity (Wildman–Crippen MR) is 59.7 cm³/mol. The van der Waals surface area contributed by atoms with Gasteiger partial charge in [0.1, 0.15) is 18.5 Å². The number of aryl methyl sites for hydroxylation is 1. The average molecular weight is 234 g/mol. The zero-order chi connectivity index (χ0) is 12.1. The number of amides is 1. The van der Waals surface area contributed by atoms with Gasteiger partial charge >= 0.3 is 0 Å². The summed E-state index contributed by atoms with van der Waals surface area (Å²) >= 11 is 0. The fraction of sp³-hybridized carbons (Fsp3) is 0.182. The molecular weight excluding hydrogens is 223 g/mol. The molecule has 17 heavy (non-hydrogen) atoms. The number of carbonyl (C=O) groups excluding carboxylic acids is 1. The molecule has 0 radical (unpaired) electrons. The van der Waals surface area contributed by atoms with Gasteiger partial charge in [0.2, 0.25) is 5.91 Å². The number of anilines is 1. The molecule has 2 rings (SSSR count). The number of nitrogens with one attached hydrogen (secondary N) is 1. The first-order chi connectivity index (χ1) is 8.24. The monoisotopic (exact) mass is 234 g/mol. The molecule has 0 fully saturated rings. The maximum Gasteiger partial charge on any atom is 0.226 e. The van der Waals surface area contributed by atoms with Crippen molar-refractivity contribution in [2.24, 2.45) is 0 Å². The molecule has 88 valence electrons. The molecule has 2 aromatic rings. The van der Waals surface area contributed by atoms with E-state index in [1.807, 2.05) is 0 Å². The summed E-state index contributed by atoms with van der Waals surface area (Å²) in [5.74, 6) is -0.550. The van der Waals surface area contributed by atoms with Crippen LogP contribution >= 0.6 is 0 Å². The molecule has 1 aromatic heterocycles. The lowest BCUT2D eigenvalue weighted by Crippen LogP contribution is -2.14. The van der Waals surface area contributed by atoms with E-state index in [4.69, 9.17) is 0 Å². The van der Waals surface area contributed by atoms with Crippen molar-refractivity contribution in [3.63, 3.8) is 0 Å². The largest absolute Gasteiger partial charge is 0.326 e. The standard InChI is InChI=1S/C11H11FN4O/c12-9-2-1-3-10(6-9)15-11(17)4-5-16-7-13-14-8-16/h1-3,6-8H,4-5H2,(H,15,17). The summed E-state index contributed by atoms with van der Waals surface area (Å²) in [6.07, 6.45) is 3.36. The number of nitrogens with zero attached hydrogens (tertiary/aromatic N) is 3. The number of rotatable bonds is 4. The summed E-state index contributed by atoms with van der Waals surface area (Å²) in [5, 5.41) is 9.87. The van der Waals surface area contributed by atoms with Crippen LogP contribution in [-0.2, 0) is 11.3 Å². The van der Waals surface area contributed by atoms with Crippen LogP contribution in [0.1, 0.15) is 6.42 Å². The quantitative estimate of drug-likeness (QED) is 0.870. The summed E-state index contributed by atoms with van der Waals surface area (Å²) in [6.45, 7) is 0.494. The highest BCUT2D eigenvalue weighted by Crippen LogP contribution is 2.09. The van der Waals surface area contributed by atoms with Gasteiger partial charge in [-0.15, -0.1) is 10.2 Å². The minimum Gasteiger partial charge on any atom is -0.326 e. The third-order valence-electron chi connectivity index (χ3n) is 2.17. The zero-order valence-electron chi connectivity index (χ0n) is 9.01. The lowest BCUT2D eigenvalue weighted by molar-refractivity contribution is -0.116. The molecule has 5 nitrogen and oxygen atoms in total. The van der Waals surface area contributed by atoms with Crippen molar-refractivity contribution in [1.82, 2.24) is 14.8 Å². The van der Waals surface area contributed by atoms with E-state index < -0.39 is 0 Å². The van der Waals surface area contributed by atoms with Crippen molar-refractivity contribution in [2.45, 2.75) is 13.0 Å². The third-order valence-corrected chi connectivity index (χ3v) is 2.17. The van der Waals surface area contributed by atoms with Crippen molar-refractivity contribution >= 4 is 11.6 Å². The number of carbonyl (C=O) groups is 1. The first-order valence-corrected chi connectivity index (χ1v) is 5.12. The van der Waals surface area contributed by atoms with Crippen molar-refractivity contribution < 1.29 is 9.18 Å². The molecule has 0 saturated heterocycles. The fourth-order valence-corrected chi connectivity index (χ4v) is 1.36. The van der Waals surface area contributed by atoms with Gasteiger partial charge in [-0.1, -0.05) is 6.07 Å². The molecule has 1 aromatic carbocycles. The number of hydrogen-bond donors (Lipinski definition) is 1. The van der Waals surface area contributed by atoms with E-state index in [1.54, 1.807) is 16.7 Å². The molecule has 0 aliphatic rings. The summed E-state index contributed by atoms with van der Waals surface area (Å²) in [6, 6.07) is 5.79. The lowest BCUT2D eigenvalue weighted by atomic mass is 10.3. The maximum absolute atomic E-state index is 12.9. The Morgan fingerprint density at radius 3 is 2.82 bits per heavy atom. The molecule has 0 atom stereocenters. The van der Waals surface area contributed by atoms with Crippen molar-refractivity contribution in [3.05, 3.63) is 42.7 Å². The minimum absolute atomic E-state index is 0.177. The molecule has 1 N–H and O–H groups in total. The van der Waals surface area contributed by atoms with Gasteiger partial charge in [0, 0.05) is 18.7 Å². The van der Waals surface area contributed by atoms with Crippen LogP contribution in [-0.4, -0.2) is 20.7 Å². The smallest absolute Gasteiger partial charge is 0.226 e. The van der Waals surface area contributed by atoms with Crippen LogP contribution in [0.5, 0.6) is 0 Å². The molecule has 0 spiro atoms. The molecule has 0 aliphatic carbocycles. The van der Waals surface area contributed by atoms with Gasteiger partial charge < -0.3 is 9.88 Å². The first-order valence-electron chi connectivity index (χ1n) is 5.12. The lowest BCUT2D eigenvalue weighted by Gasteiger charge is -2.05. The van der Waals surface area contributed by atoms with Crippen molar-refractivity contribution in [2.75, 3.05) is 5.32 Å². The molecule has 0 bridgehead atoms. The van der Waals surface area contributed by atoms with E-state index in [-0.39, 0.29) is 18.1 Å². The van der Waals surface area contributed by atoms with Gasteiger partial charge in [-0.3, -0.25) is 4.79 Å². The fourth-order valence-electron chi connectivity index (χ4n) is 1.36. The van der Waals surface area contributed by atoms with Gasteiger partial charge in [-0.05, 0) is 18.2 Å².